The topological polar surface area (TPSA) is 26.3 Å². The third-order valence-corrected chi connectivity index (χ3v) is 3.58. The zero-order valence-corrected chi connectivity index (χ0v) is 12.6. The minimum atomic E-state index is -0.0508. The molecule has 0 aromatic carbocycles. The lowest BCUT2D eigenvalue weighted by Gasteiger charge is -2.35. The Hall–Kier alpha value is -0.280. The Morgan fingerprint density at radius 2 is 1.53 bits per heavy atom. The van der Waals surface area contributed by atoms with Gasteiger partial charge in [0.2, 0.25) is 0 Å². The first-order valence-electron chi connectivity index (χ1n) is 6.64. The smallest absolute Gasteiger partial charge is 0.305 e. The summed E-state index contributed by atoms with van der Waals surface area (Å²) >= 11 is 0. The number of halogens is 1. The van der Waals surface area contributed by atoms with Gasteiger partial charge in [0.1, 0.15) is 0 Å². The maximum Gasteiger partial charge on any atom is 0.305 e. The van der Waals surface area contributed by atoms with Crippen molar-refractivity contribution in [2.24, 2.45) is 0 Å². The van der Waals surface area contributed by atoms with Crippen molar-refractivity contribution in [3.05, 3.63) is 0 Å². The molecule has 0 aromatic heterocycles. The number of ether oxygens (including phenoxy) is 1. The molecule has 104 valence electrons. The fraction of sp³-hybridized carbons (Fsp3) is 0.923. The van der Waals surface area contributed by atoms with Crippen molar-refractivity contribution in [2.45, 2.75) is 47.0 Å². The Morgan fingerprint density at radius 1 is 1.00 bits per heavy atom. The molecule has 0 amide bonds. The standard InChI is InChI=1S/C13H28NO2.ClH/c1-5-14(6-2,7-3)12-10-9-11-13(15)16-8-4;/h5-12H2,1-4H3;1H/q+1;/p-1. The molecule has 0 aliphatic heterocycles. The number of carbonyl (C=O) groups excluding carboxylic acids is 1. The highest BCUT2D eigenvalue weighted by Gasteiger charge is 2.19. The molecule has 0 rings (SSSR count). The van der Waals surface area contributed by atoms with Gasteiger partial charge < -0.3 is 21.6 Å². The second-order valence-electron chi connectivity index (χ2n) is 4.28. The van der Waals surface area contributed by atoms with E-state index in [0.717, 1.165) is 12.8 Å². The Balaban J connectivity index is 0. The summed E-state index contributed by atoms with van der Waals surface area (Å²) < 4.78 is 6.08. The van der Waals surface area contributed by atoms with E-state index in [-0.39, 0.29) is 18.4 Å². The van der Waals surface area contributed by atoms with Gasteiger partial charge in [-0.2, -0.15) is 0 Å². The number of hydrogen-bond acceptors (Lipinski definition) is 2. The average Bonchev–Trinajstić information content (AvgIpc) is 2.31. The van der Waals surface area contributed by atoms with Crippen LogP contribution in [0.1, 0.15) is 47.0 Å². The van der Waals surface area contributed by atoms with E-state index in [0.29, 0.717) is 13.0 Å². The first-order chi connectivity index (χ1) is 7.64. The molecule has 0 saturated carbocycles. The van der Waals surface area contributed by atoms with Gasteiger partial charge in [-0.25, -0.2) is 0 Å². The molecule has 4 heteroatoms. The highest BCUT2D eigenvalue weighted by atomic mass is 35.5. The minimum Gasteiger partial charge on any atom is -1.00 e. The molecule has 0 aliphatic carbocycles. The van der Waals surface area contributed by atoms with Crippen molar-refractivity contribution in [3.63, 3.8) is 0 Å². The predicted octanol–water partition coefficient (Wildman–Crippen LogP) is -0.400. The molecule has 3 nitrogen and oxygen atoms in total. The Labute approximate surface area is 113 Å². The molecular weight excluding hydrogens is 238 g/mol. The molecule has 0 atom stereocenters. The van der Waals surface area contributed by atoms with E-state index >= 15 is 0 Å². The lowest BCUT2D eigenvalue weighted by molar-refractivity contribution is -0.923. The van der Waals surface area contributed by atoms with Gasteiger partial charge in [0.05, 0.1) is 32.8 Å². The molecule has 0 aliphatic rings. The van der Waals surface area contributed by atoms with E-state index in [1.54, 1.807) is 0 Å². The van der Waals surface area contributed by atoms with Crippen LogP contribution in [0.25, 0.3) is 0 Å². The van der Waals surface area contributed by atoms with Crippen LogP contribution in [0.4, 0.5) is 0 Å². The van der Waals surface area contributed by atoms with Crippen molar-refractivity contribution >= 4 is 5.97 Å². The third kappa shape index (κ3) is 7.61. The number of hydrogen-bond donors (Lipinski definition) is 0. The zero-order valence-electron chi connectivity index (χ0n) is 11.8. The number of unbranched alkanes of at least 4 members (excludes halogenated alkanes) is 1. The lowest BCUT2D eigenvalue weighted by atomic mass is 10.2. The molecule has 0 fully saturated rings. The van der Waals surface area contributed by atoms with Gasteiger partial charge in [-0.05, 0) is 40.5 Å². The van der Waals surface area contributed by atoms with E-state index in [2.05, 4.69) is 20.8 Å². The average molecular weight is 266 g/mol. The second kappa shape index (κ2) is 10.8. The predicted molar refractivity (Wildman–Crippen MR) is 67.2 cm³/mol. The summed E-state index contributed by atoms with van der Waals surface area (Å²) in [5, 5.41) is 0. The van der Waals surface area contributed by atoms with Crippen LogP contribution in [0.5, 0.6) is 0 Å². The number of carbonyl (C=O) groups is 1. The van der Waals surface area contributed by atoms with Gasteiger partial charge in [-0.15, -0.1) is 0 Å². The van der Waals surface area contributed by atoms with Crippen LogP contribution in [0.3, 0.4) is 0 Å². The summed E-state index contributed by atoms with van der Waals surface area (Å²) in [4.78, 5) is 11.1. The minimum absolute atomic E-state index is 0. The zero-order chi connectivity index (χ0) is 12.4. The Kier molecular flexibility index (Phi) is 12.2. The summed E-state index contributed by atoms with van der Waals surface area (Å²) in [6.07, 6.45) is 2.65. The normalized spacial score (nSPS) is 10.8. The first kappa shape index (κ1) is 19.1. The number of rotatable bonds is 9. The van der Waals surface area contributed by atoms with E-state index < -0.39 is 0 Å². The van der Waals surface area contributed by atoms with Crippen LogP contribution >= 0.6 is 0 Å². The first-order valence-corrected chi connectivity index (χ1v) is 6.64. The van der Waals surface area contributed by atoms with Crippen molar-refractivity contribution in [1.29, 1.82) is 0 Å². The SMILES string of the molecule is CCOC(=O)CCCC[N+](CC)(CC)CC.[Cl-]. The van der Waals surface area contributed by atoms with Crippen LogP contribution in [0, 0.1) is 0 Å². The largest absolute Gasteiger partial charge is 1.00 e. The summed E-state index contributed by atoms with van der Waals surface area (Å²) in [7, 11) is 0. The van der Waals surface area contributed by atoms with Crippen LogP contribution in [-0.4, -0.2) is 43.2 Å². The van der Waals surface area contributed by atoms with Crippen LogP contribution < -0.4 is 12.4 Å². The van der Waals surface area contributed by atoms with Gasteiger partial charge in [-0.1, -0.05) is 0 Å². The van der Waals surface area contributed by atoms with Crippen molar-refractivity contribution in [1.82, 2.24) is 0 Å². The Bertz CT molecular complexity index is 186. The fourth-order valence-electron chi connectivity index (χ4n) is 2.09. The molecule has 0 radical (unpaired) electrons. The highest BCUT2D eigenvalue weighted by molar-refractivity contribution is 5.69. The molecule has 0 bridgehead atoms. The summed E-state index contributed by atoms with van der Waals surface area (Å²) in [6.45, 7) is 13.8. The number of esters is 1. The Morgan fingerprint density at radius 3 is 1.94 bits per heavy atom. The maximum absolute atomic E-state index is 11.1. The quantitative estimate of drug-likeness (QED) is 0.322. The van der Waals surface area contributed by atoms with Gasteiger partial charge in [0, 0.05) is 6.42 Å². The number of quaternary nitrogens is 1. The van der Waals surface area contributed by atoms with Gasteiger partial charge in [0.15, 0.2) is 0 Å². The second-order valence-corrected chi connectivity index (χ2v) is 4.28. The van der Waals surface area contributed by atoms with E-state index in [4.69, 9.17) is 4.74 Å². The molecule has 0 spiro atoms. The highest BCUT2D eigenvalue weighted by Crippen LogP contribution is 2.09. The van der Waals surface area contributed by atoms with E-state index in [9.17, 15) is 4.79 Å². The molecule has 0 heterocycles. The third-order valence-electron chi connectivity index (χ3n) is 3.58. The van der Waals surface area contributed by atoms with Crippen molar-refractivity contribution < 1.29 is 26.4 Å². The van der Waals surface area contributed by atoms with E-state index in [1.165, 1.54) is 30.7 Å². The number of nitrogens with zero attached hydrogens (tertiary/aromatic N) is 1. The fourth-order valence-corrected chi connectivity index (χ4v) is 2.09. The van der Waals surface area contributed by atoms with Crippen molar-refractivity contribution in [2.75, 3.05) is 32.8 Å². The van der Waals surface area contributed by atoms with Gasteiger partial charge in [-0.3, -0.25) is 4.79 Å². The molecule has 0 aromatic rings. The molecule has 0 saturated heterocycles. The van der Waals surface area contributed by atoms with E-state index in [1.807, 2.05) is 6.92 Å². The summed E-state index contributed by atoms with van der Waals surface area (Å²) in [5.41, 5.74) is 0. The molecule has 0 N–H and O–H groups in total. The van der Waals surface area contributed by atoms with Crippen molar-refractivity contribution in [3.8, 4) is 0 Å². The molecular formula is C13H28ClNO2. The van der Waals surface area contributed by atoms with Gasteiger partial charge >= 0.3 is 5.97 Å². The summed E-state index contributed by atoms with van der Waals surface area (Å²) in [5.74, 6) is -0.0508. The van der Waals surface area contributed by atoms with Gasteiger partial charge in [0.25, 0.3) is 0 Å². The van der Waals surface area contributed by atoms with Crippen LogP contribution in [0.2, 0.25) is 0 Å². The van der Waals surface area contributed by atoms with Crippen LogP contribution in [0.15, 0.2) is 0 Å². The molecule has 17 heavy (non-hydrogen) atoms. The monoisotopic (exact) mass is 265 g/mol. The lowest BCUT2D eigenvalue weighted by Crippen LogP contribution is -3.00. The molecule has 0 unspecified atom stereocenters. The summed E-state index contributed by atoms with van der Waals surface area (Å²) in [6, 6.07) is 0. The van der Waals surface area contributed by atoms with Crippen LogP contribution in [-0.2, 0) is 9.53 Å². The maximum atomic E-state index is 11.1.